The Morgan fingerprint density at radius 2 is 1.44 bits per heavy atom. The van der Waals surface area contributed by atoms with Crippen LogP contribution in [0.4, 0.5) is 4.79 Å². The van der Waals surface area contributed by atoms with E-state index in [4.69, 9.17) is 0 Å². The quantitative estimate of drug-likeness (QED) is 0.729. The number of amides is 2. The third kappa shape index (κ3) is 3.39. The lowest BCUT2D eigenvalue weighted by atomic mass is 9.97. The summed E-state index contributed by atoms with van der Waals surface area (Å²) < 4.78 is 0. The van der Waals surface area contributed by atoms with Gasteiger partial charge in [0.2, 0.25) is 0 Å². The molecule has 2 rings (SSSR count). The van der Waals surface area contributed by atoms with E-state index in [0.717, 1.165) is 13.1 Å². The molecule has 16 heavy (non-hydrogen) atoms. The van der Waals surface area contributed by atoms with E-state index in [9.17, 15) is 4.79 Å². The summed E-state index contributed by atoms with van der Waals surface area (Å²) in [6.45, 7) is 1.91. The molecule has 92 valence electrons. The van der Waals surface area contributed by atoms with Crippen LogP contribution in [0.1, 0.15) is 57.8 Å². The fourth-order valence-electron chi connectivity index (χ4n) is 2.79. The lowest BCUT2D eigenvalue weighted by molar-refractivity contribution is 0.201. The molecule has 0 bridgehead atoms. The van der Waals surface area contributed by atoms with Crippen molar-refractivity contribution in [1.82, 2.24) is 10.2 Å². The standard InChI is InChI=1S/C13H24N2O/c16-13(15-10-6-7-11-15)14-12-8-4-2-1-3-5-9-12/h12H,1-11H2,(H,14,16). The summed E-state index contributed by atoms with van der Waals surface area (Å²) in [5, 5.41) is 3.22. The van der Waals surface area contributed by atoms with Crippen molar-refractivity contribution in [3.05, 3.63) is 0 Å². The molecule has 1 aliphatic heterocycles. The van der Waals surface area contributed by atoms with Crippen molar-refractivity contribution < 1.29 is 4.79 Å². The molecule has 1 saturated heterocycles. The average Bonchev–Trinajstić information content (AvgIpc) is 2.74. The van der Waals surface area contributed by atoms with Gasteiger partial charge in [-0.15, -0.1) is 0 Å². The minimum Gasteiger partial charge on any atom is -0.335 e. The molecule has 3 heteroatoms. The lowest BCUT2D eigenvalue weighted by Crippen LogP contribution is -2.43. The van der Waals surface area contributed by atoms with E-state index in [2.05, 4.69) is 5.32 Å². The number of nitrogens with zero attached hydrogens (tertiary/aromatic N) is 1. The van der Waals surface area contributed by atoms with Crippen LogP contribution < -0.4 is 5.32 Å². The smallest absolute Gasteiger partial charge is 0.317 e. The number of hydrogen-bond acceptors (Lipinski definition) is 1. The third-order valence-corrected chi connectivity index (χ3v) is 3.83. The first-order chi connectivity index (χ1) is 7.86. The van der Waals surface area contributed by atoms with Crippen LogP contribution in [0.25, 0.3) is 0 Å². The van der Waals surface area contributed by atoms with Gasteiger partial charge >= 0.3 is 6.03 Å². The van der Waals surface area contributed by atoms with Gasteiger partial charge in [-0.25, -0.2) is 4.79 Å². The Balaban J connectivity index is 1.75. The van der Waals surface area contributed by atoms with E-state index in [0.29, 0.717) is 6.04 Å². The molecule has 2 fully saturated rings. The maximum Gasteiger partial charge on any atom is 0.317 e. The van der Waals surface area contributed by atoms with Gasteiger partial charge in [0, 0.05) is 19.1 Å². The number of carbonyl (C=O) groups excluding carboxylic acids is 1. The molecule has 0 aromatic rings. The number of carbonyl (C=O) groups is 1. The zero-order chi connectivity index (χ0) is 11.2. The Bertz CT molecular complexity index is 216. The molecule has 3 nitrogen and oxygen atoms in total. The van der Waals surface area contributed by atoms with Gasteiger partial charge in [-0.2, -0.15) is 0 Å². The molecule has 0 unspecified atom stereocenters. The first kappa shape index (κ1) is 11.7. The van der Waals surface area contributed by atoms with Crippen molar-refractivity contribution in [2.45, 2.75) is 63.8 Å². The number of nitrogens with one attached hydrogen (secondary N) is 1. The molecule has 0 aromatic carbocycles. The Hall–Kier alpha value is -0.730. The Morgan fingerprint density at radius 1 is 0.875 bits per heavy atom. The molecular weight excluding hydrogens is 200 g/mol. The largest absolute Gasteiger partial charge is 0.335 e. The average molecular weight is 224 g/mol. The first-order valence-corrected chi connectivity index (χ1v) is 6.92. The van der Waals surface area contributed by atoms with Crippen LogP contribution >= 0.6 is 0 Å². The highest BCUT2D eigenvalue weighted by Crippen LogP contribution is 2.17. The predicted octanol–water partition coefficient (Wildman–Crippen LogP) is 2.90. The molecule has 0 atom stereocenters. The monoisotopic (exact) mass is 224 g/mol. The van der Waals surface area contributed by atoms with Crippen LogP contribution in [0, 0.1) is 0 Å². The summed E-state index contributed by atoms with van der Waals surface area (Å²) in [5.74, 6) is 0. The van der Waals surface area contributed by atoms with E-state index in [-0.39, 0.29) is 6.03 Å². The van der Waals surface area contributed by atoms with Crippen molar-refractivity contribution in [3.8, 4) is 0 Å². The van der Waals surface area contributed by atoms with Crippen molar-refractivity contribution in [3.63, 3.8) is 0 Å². The summed E-state index contributed by atoms with van der Waals surface area (Å²) in [4.78, 5) is 13.9. The van der Waals surface area contributed by atoms with E-state index >= 15 is 0 Å². The molecule has 1 saturated carbocycles. The molecule has 1 heterocycles. The second-order valence-corrected chi connectivity index (χ2v) is 5.19. The topological polar surface area (TPSA) is 32.3 Å². The van der Waals surface area contributed by atoms with E-state index in [1.54, 1.807) is 0 Å². The number of rotatable bonds is 1. The lowest BCUT2D eigenvalue weighted by Gasteiger charge is -2.24. The Kier molecular flexibility index (Phi) is 4.49. The second kappa shape index (κ2) is 6.12. The molecule has 1 aliphatic carbocycles. The SMILES string of the molecule is O=C(NC1CCCCCCC1)N1CCCC1. The Labute approximate surface area is 98.6 Å². The fraction of sp³-hybridized carbons (Fsp3) is 0.923. The minimum absolute atomic E-state index is 0.183. The van der Waals surface area contributed by atoms with Crippen molar-refractivity contribution in [1.29, 1.82) is 0 Å². The van der Waals surface area contributed by atoms with Gasteiger partial charge in [0.15, 0.2) is 0 Å². The molecule has 0 radical (unpaired) electrons. The number of likely N-dealkylation sites (tertiary alicyclic amines) is 1. The molecule has 0 aromatic heterocycles. The van der Waals surface area contributed by atoms with Crippen LogP contribution in [0.5, 0.6) is 0 Å². The van der Waals surface area contributed by atoms with Gasteiger partial charge in [0.05, 0.1) is 0 Å². The molecule has 2 aliphatic rings. The fourth-order valence-corrected chi connectivity index (χ4v) is 2.79. The normalized spacial score (nSPS) is 23.9. The highest BCUT2D eigenvalue weighted by molar-refractivity contribution is 5.74. The van der Waals surface area contributed by atoms with Crippen molar-refractivity contribution in [2.24, 2.45) is 0 Å². The van der Waals surface area contributed by atoms with Gasteiger partial charge < -0.3 is 10.2 Å². The molecular formula is C13H24N2O. The molecule has 1 N–H and O–H groups in total. The summed E-state index contributed by atoms with van der Waals surface area (Å²) in [5.41, 5.74) is 0. The van der Waals surface area contributed by atoms with E-state index < -0.39 is 0 Å². The zero-order valence-corrected chi connectivity index (χ0v) is 10.2. The van der Waals surface area contributed by atoms with Crippen LogP contribution in [-0.2, 0) is 0 Å². The van der Waals surface area contributed by atoms with Crippen LogP contribution in [0.15, 0.2) is 0 Å². The predicted molar refractivity (Wildman–Crippen MR) is 65.4 cm³/mol. The van der Waals surface area contributed by atoms with Crippen LogP contribution in [0.3, 0.4) is 0 Å². The first-order valence-electron chi connectivity index (χ1n) is 6.92. The van der Waals surface area contributed by atoms with Gasteiger partial charge in [-0.3, -0.25) is 0 Å². The Morgan fingerprint density at radius 3 is 2.06 bits per heavy atom. The summed E-state index contributed by atoms with van der Waals surface area (Å²) >= 11 is 0. The van der Waals surface area contributed by atoms with Crippen molar-refractivity contribution in [2.75, 3.05) is 13.1 Å². The molecule has 2 amide bonds. The van der Waals surface area contributed by atoms with Crippen molar-refractivity contribution >= 4 is 6.03 Å². The summed E-state index contributed by atoms with van der Waals surface area (Å²) in [6, 6.07) is 0.622. The summed E-state index contributed by atoms with van der Waals surface area (Å²) in [7, 11) is 0. The van der Waals surface area contributed by atoms with Gasteiger partial charge in [-0.05, 0) is 25.7 Å². The highest BCUT2D eigenvalue weighted by Gasteiger charge is 2.20. The van der Waals surface area contributed by atoms with Gasteiger partial charge in [-0.1, -0.05) is 32.1 Å². The van der Waals surface area contributed by atoms with Crippen LogP contribution in [-0.4, -0.2) is 30.1 Å². The van der Waals surface area contributed by atoms with Crippen LogP contribution in [0.2, 0.25) is 0 Å². The van der Waals surface area contributed by atoms with E-state index in [1.165, 1.54) is 57.8 Å². The number of hydrogen-bond donors (Lipinski definition) is 1. The zero-order valence-electron chi connectivity index (χ0n) is 10.2. The summed E-state index contributed by atoms with van der Waals surface area (Å²) in [6.07, 6.45) is 11.4. The number of urea groups is 1. The minimum atomic E-state index is 0.183. The van der Waals surface area contributed by atoms with Gasteiger partial charge in [0.25, 0.3) is 0 Å². The second-order valence-electron chi connectivity index (χ2n) is 5.19. The third-order valence-electron chi connectivity index (χ3n) is 3.83. The maximum atomic E-state index is 11.9. The maximum absolute atomic E-state index is 11.9. The highest BCUT2D eigenvalue weighted by atomic mass is 16.2. The molecule has 0 spiro atoms. The van der Waals surface area contributed by atoms with E-state index in [1.807, 2.05) is 4.90 Å². The van der Waals surface area contributed by atoms with Gasteiger partial charge in [0.1, 0.15) is 0 Å².